The summed E-state index contributed by atoms with van der Waals surface area (Å²) in [7, 11) is 0. The molecule has 0 unspecified atom stereocenters. The van der Waals surface area contributed by atoms with Crippen LogP contribution >= 0.6 is 23.2 Å². The largest absolute Gasteiger partial charge is 0.474 e. The van der Waals surface area contributed by atoms with Gasteiger partial charge in [0.2, 0.25) is 0 Å². The van der Waals surface area contributed by atoms with E-state index in [0.29, 0.717) is 10.6 Å². The van der Waals surface area contributed by atoms with Gasteiger partial charge in [-0.15, -0.1) is 0 Å². The molecule has 1 aromatic carbocycles. The van der Waals surface area contributed by atoms with Crippen molar-refractivity contribution in [3.05, 3.63) is 33.8 Å². The molecule has 0 atom stereocenters. The number of amides is 2. The fraction of sp³-hybridized carbons (Fsp3) is 0.308. The monoisotopic (exact) mass is 330 g/mol. The van der Waals surface area contributed by atoms with Gasteiger partial charge in [-0.25, -0.2) is 4.79 Å². The molecule has 112 valence electrons. The van der Waals surface area contributed by atoms with Gasteiger partial charge in [0.25, 0.3) is 5.91 Å². The molecule has 1 aliphatic rings. The molecule has 1 saturated heterocycles. The van der Waals surface area contributed by atoms with Crippen molar-refractivity contribution in [1.82, 2.24) is 9.80 Å². The fourth-order valence-electron chi connectivity index (χ4n) is 2.08. The lowest BCUT2D eigenvalue weighted by molar-refractivity contribution is -0.156. The maximum atomic E-state index is 12.3. The Morgan fingerprint density at radius 3 is 2.10 bits per heavy atom. The summed E-state index contributed by atoms with van der Waals surface area (Å²) in [6, 6.07) is 4.60. The van der Waals surface area contributed by atoms with Crippen LogP contribution in [-0.2, 0) is 9.59 Å². The molecule has 2 rings (SSSR count). The first-order chi connectivity index (χ1) is 9.90. The normalized spacial score (nSPS) is 15.0. The summed E-state index contributed by atoms with van der Waals surface area (Å²) in [5.74, 6) is -2.71. The Kier molecular flexibility index (Phi) is 4.69. The highest BCUT2D eigenvalue weighted by Gasteiger charge is 2.28. The standard InChI is InChI=1S/C13H12Cl2N2O4/c14-8-1-2-9(10(15)7-8)11(18)16-3-5-17(6-4-16)12(19)13(20)21/h1-2,7H,3-6H2,(H,20,21). The Balaban J connectivity index is 2.03. The van der Waals surface area contributed by atoms with Crippen LogP contribution in [0.5, 0.6) is 0 Å². The zero-order valence-corrected chi connectivity index (χ0v) is 12.4. The number of hydrogen-bond donors (Lipinski definition) is 1. The number of benzene rings is 1. The first-order valence-electron chi connectivity index (χ1n) is 6.16. The summed E-state index contributed by atoms with van der Waals surface area (Å²) in [6.45, 7) is 0.887. The molecule has 6 nitrogen and oxygen atoms in total. The second-order valence-electron chi connectivity index (χ2n) is 4.51. The van der Waals surface area contributed by atoms with Crippen LogP contribution in [0.2, 0.25) is 10.0 Å². The van der Waals surface area contributed by atoms with Crippen molar-refractivity contribution < 1.29 is 19.5 Å². The molecular formula is C13H12Cl2N2O4. The number of aliphatic carboxylic acids is 1. The average Bonchev–Trinajstić information content (AvgIpc) is 2.46. The molecule has 1 fully saturated rings. The summed E-state index contributed by atoms with van der Waals surface area (Å²) < 4.78 is 0. The highest BCUT2D eigenvalue weighted by atomic mass is 35.5. The molecule has 0 aliphatic carbocycles. The Morgan fingerprint density at radius 2 is 1.57 bits per heavy atom. The topological polar surface area (TPSA) is 77.9 Å². The number of carbonyl (C=O) groups excluding carboxylic acids is 2. The van der Waals surface area contributed by atoms with E-state index in [1.807, 2.05) is 0 Å². The summed E-state index contributed by atoms with van der Waals surface area (Å²) >= 11 is 11.8. The van der Waals surface area contributed by atoms with Gasteiger partial charge in [-0.2, -0.15) is 0 Å². The van der Waals surface area contributed by atoms with Gasteiger partial charge in [-0.1, -0.05) is 23.2 Å². The predicted molar refractivity (Wildman–Crippen MR) is 76.6 cm³/mol. The van der Waals surface area contributed by atoms with Crippen LogP contribution in [0.15, 0.2) is 18.2 Å². The number of carboxylic acid groups (broad SMARTS) is 1. The van der Waals surface area contributed by atoms with E-state index >= 15 is 0 Å². The third-order valence-electron chi connectivity index (χ3n) is 3.20. The van der Waals surface area contributed by atoms with Crippen LogP contribution in [0.1, 0.15) is 10.4 Å². The molecular weight excluding hydrogens is 319 g/mol. The lowest BCUT2D eigenvalue weighted by Gasteiger charge is -2.34. The van der Waals surface area contributed by atoms with Crippen LogP contribution in [0.4, 0.5) is 0 Å². The lowest BCUT2D eigenvalue weighted by atomic mass is 10.1. The molecule has 1 aromatic rings. The molecule has 0 radical (unpaired) electrons. The van der Waals surface area contributed by atoms with Gasteiger partial charge >= 0.3 is 11.9 Å². The zero-order valence-electron chi connectivity index (χ0n) is 10.9. The van der Waals surface area contributed by atoms with Gasteiger partial charge in [-0.05, 0) is 18.2 Å². The number of halogens is 2. The van der Waals surface area contributed by atoms with Crippen molar-refractivity contribution in [2.45, 2.75) is 0 Å². The van der Waals surface area contributed by atoms with E-state index in [9.17, 15) is 14.4 Å². The van der Waals surface area contributed by atoms with Crippen LogP contribution in [0.3, 0.4) is 0 Å². The summed E-state index contributed by atoms with van der Waals surface area (Å²) in [5.41, 5.74) is 0.332. The van der Waals surface area contributed by atoms with E-state index in [1.54, 1.807) is 12.1 Å². The SMILES string of the molecule is O=C(O)C(=O)N1CCN(C(=O)c2ccc(Cl)cc2Cl)CC1. The van der Waals surface area contributed by atoms with Crippen molar-refractivity contribution >= 4 is 41.0 Å². The fourth-order valence-corrected chi connectivity index (χ4v) is 2.57. The molecule has 8 heteroatoms. The maximum Gasteiger partial charge on any atom is 0.394 e. The first-order valence-corrected chi connectivity index (χ1v) is 6.92. The van der Waals surface area contributed by atoms with Crippen LogP contribution in [0, 0.1) is 0 Å². The van der Waals surface area contributed by atoms with E-state index in [4.69, 9.17) is 28.3 Å². The van der Waals surface area contributed by atoms with Gasteiger partial charge in [0.15, 0.2) is 0 Å². The molecule has 0 aromatic heterocycles. The number of nitrogens with zero attached hydrogens (tertiary/aromatic N) is 2. The van der Waals surface area contributed by atoms with Gasteiger partial charge in [-0.3, -0.25) is 9.59 Å². The quantitative estimate of drug-likeness (QED) is 0.789. The third kappa shape index (κ3) is 3.46. The number of hydrogen-bond acceptors (Lipinski definition) is 3. The molecule has 0 bridgehead atoms. The minimum absolute atomic E-state index is 0.183. The van der Waals surface area contributed by atoms with E-state index in [-0.39, 0.29) is 37.1 Å². The molecule has 1 heterocycles. The summed E-state index contributed by atoms with van der Waals surface area (Å²) in [5, 5.41) is 9.35. The molecule has 1 N–H and O–H groups in total. The Morgan fingerprint density at radius 1 is 1.00 bits per heavy atom. The number of piperazine rings is 1. The van der Waals surface area contributed by atoms with Gasteiger partial charge in [0.05, 0.1) is 10.6 Å². The average molecular weight is 331 g/mol. The van der Waals surface area contributed by atoms with Crippen molar-refractivity contribution in [1.29, 1.82) is 0 Å². The van der Waals surface area contributed by atoms with E-state index < -0.39 is 11.9 Å². The number of carbonyl (C=O) groups is 3. The molecule has 21 heavy (non-hydrogen) atoms. The number of rotatable bonds is 1. The molecule has 0 saturated carbocycles. The highest BCUT2D eigenvalue weighted by Crippen LogP contribution is 2.22. The minimum Gasteiger partial charge on any atom is -0.474 e. The lowest BCUT2D eigenvalue weighted by Crippen LogP contribution is -2.52. The van der Waals surface area contributed by atoms with Gasteiger partial charge in [0, 0.05) is 31.2 Å². The third-order valence-corrected chi connectivity index (χ3v) is 3.75. The van der Waals surface area contributed by atoms with Crippen molar-refractivity contribution in [3.8, 4) is 0 Å². The van der Waals surface area contributed by atoms with E-state index in [2.05, 4.69) is 0 Å². The van der Waals surface area contributed by atoms with Crippen molar-refractivity contribution in [3.63, 3.8) is 0 Å². The first kappa shape index (κ1) is 15.6. The van der Waals surface area contributed by atoms with Crippen LogP contribution in [-0.4, -0.2) is 58.9 Å². The molecule has 1 aliphatic heterocycles. The Hall–Kier alpha value is -1.79. The Labute approximate surface area is 130 Å². The van der Waals surface area contributed by atoms with Crippen LogP contribution < -0.4 is 0 Å². The van der Waals surface area contributed by atoms with Crippen LogP contribution in [0.25, 0.3) is 0 Å². The minimum atomic E-state index is -1.49. The number of carboxylic acids is 1. The summed E-state index contributed by atoms with van der Waals surface area (Å²) in [4.78, 5) is 37.0. The second-order valence-corrected chi connectivity index (χ2v) is 5.36. The predicted octanol–water partition coefficient (Wildman–Crippen LogP) is 1.36. The zero-order chi connectivity index (χ0) is 15.6. The smallest absolute Gasteiger partial charge is 0.394 e. The highest BCUT2D eigenvalue weighted by molar-refractivity contribution is 6.36. The Bertz CT molecular complexity index is 598. The van der Waals surface area contributed by atoms with E-state index in [1.165, 1.54) is 15.9 Å². The summed E-state index contributed by atoms with van der Waals surface area (Å²) in [6.07, 6.45) is 0. The van der Waals surface area contributed by atoms with Gasteiger partial charge in [0.1, 0.15) is 0 Å². The van der Waals surface area contributed by atoms with Crippen molar-refractivity contribution in [2.75, 3.05) is 26.2 Å². The maximum absolute atomic E-state index is 12.3. The van der Waals surface area contributed by atoms with Gasteiger partial charge < -0.3 is 14.9 Å². The van der Waals surface area contributed by atoms with E-state index in [0.717, 1.165) is 0 Å². The second kappa shape index (κ2) is 6.32. The molecule has 2 amide bonds. The molecule has 0 spiro atoms. The van der Waals surface area contributed by atoms with Crippen molar-refractivity contribution in [2.24, 2.45) is 0 Å².